The molecule has 0 radical (unpaired) electrons. The van der Waals surface area contributed by atoms with Gasteiger partial charge in [-0.25, -0.2) is 4.79 Å². The molecule has 0 unspecified atom stereocenters. The van der Waals surface area contributed by atoms with Gasteiger partial charge in [-0.3, -0.25) is 9.69 Å². The topological polar surface area (TPSA) is 75.0 Å². The standard InChI is InChI=1S/C21H27N3O4/c1-3-28-21(27)23-12-10-22(11-13-23)14-18-8-9-24(20(26)19(18)25)15-17-7-5-4-6-16(17)2/h4-9,25H,3,10-15H2,1-2H3. The zero-order chi connectivity index (χ0) is 20.1. The maximum absolute atomic E-state index is 12.6. The van der Waals surface area contributed by atoms with E-state index in [0.717, 1.165) is 11.1 Å². The van der Waals surface area contributed by atoms with Crippen LogP contribution < -0.4 is 5.56 Å². The fraction of sp³-hybridized carbons (Fsp3) is 0.429. The predicted octanol–water partition coefficient (Wildman–Crippen LogP) is 2.18. The summed E-state index contributed by atoms with van der Waals surface area (Å²) in [6.45, 7) is 7.55. The van der Waals surface area contributed by atoms with Gasteiger partial charge in [-0.1, -0.05) is 24.3 Å². The highest BCUT2D eigenvalue weighted by Crippen LogP contribution is 2.16. The van der Waals surface area contributed by atoms with Crippen LogP contribution in [0.1, 0.15) is 23.6 Å². The zero-order valence-corrected chi connectivity index (χ0v) is 16.4. The maximum Gasteiger partial charge on any atom is 0.409 e. The first-order valence-electron chi connectivity index (χ1n) is 9.59. The van der Waals surface area contributed by atoms with Crippen LogP contribution in [0.3, 0.4) is 0 Å². The number of rotatable bonds is 5. The van der Waals surface area contributed by atoms with E-state index in [1.165, 1.54) is 4.57 Å². The molecule has 1 amide bonds. The number of benzene rings is 1. The van der Waals surface area contributed by atoms with Gasteiger partial charge in [0.1, 0.15) is 0 Å². The van der Waals surface area contributed by atoms with E-state index in [0.29, 0.717) is 51.4 Å². The fourth-order valence-electron chi connectivity index (χ4n) is 3.37. The Labute approximate surface area is 164 Å². The summed E-state index contributed by atoms with van der Waals surface area (Å²) in [6, 6.07) is 9.69. The number of carbonyl (C=O) groups is 1. The molecule has 1 saturated heterocycles. The van der Waals surface area contributed by atoms with Crippen LogP contribution in [0.2, 0.25) is 0 Å². The third kappa shape index (κ3) is 4.54. The molecule has 2 aromatic rings. The van der Waals surface area contributed by atoms with Gasteiger partial charge in [-0.2, -0.15) is 0 Å². The molecular weight excluding hydrogens is 358 g/mol. The number of ether oxygens (including phenoxy) is 1. The Morgan fingerprint density at radius 2 is 1.79 bits per heavy atom. The monoisotopic (exact) mass is 385 g/mol. The molecule has 0 aliphatic carbocycles. The third-order valence-corrected chi connectivity index (χ3v) is 5.12. The molecule has 0 atom stereocenters. The van der Waals surface area contributed by atoms with E-state index in [4.69, 9.17) is 4.74 Å². The summed E-state index contributed by atoms with van der Waals surface area (Å²) < 4.78 is 6.55. The number of pyridine rings is 1. The zero-order valence-electron chi connectivity index (χ0n) is 16.4. The second kappa shape index (κ2) is 8.93. The van der Waals surface area contributed by atoms with Gasteiger partial charge in [-0.15, -0.1) is 0 Å². The van der Waals surface area contributed by atoms with Crippen LogP contribution >= 0.6 is 0 Å². The lowest BCUT2D eigenvalue weighted by Crippen LogP contribution is -2.48. The Bertz CT molecular complexity index is 885. The molecule has 1 fully saturated rings. The summed E-state index contributed by atoms with van der Waals surface area (Å²) in [6.07, 6.45) is 1.45. The van der Waals surface area contributed by atoms with E-state index in [2.05, 4.69) is 4.90 Å². The van der Waals surface area contributed by atoms with Gasteiger partial charge in [0.2, 0.25) is 0 Å². The Morgan fingerprint density at radius 3 is 2.46 bits per heavy atom. The molecule has 0 saturated carbocycles. The molecular formula is C21H27N3O4. The van der Waals surface area contributed by atoms with E-state index >= 15 is 0 Å². The molecule has 7 nitrogen and oxygen atoms in total. The van der Waals surface area contributed by atoms with Gasteiger partial charge in [0.05, 0.1) is 13.2 Å². The van der Waals surface area contributed by atoms with Crippen molar-refractivity contribution in [1.82, 2.24) is 14.4 Å². The average molecular weight is 385 g/mol. The highest BCUT2D eigenvalue weighted by atomic mass is 16.6. The largest absolute Gasteiger partial charge is 0.503 e. The lowest BCUT2D eigenvalue weighted by Gasteiger charge is -2.34. The quantitative estimate of drug-likeness (QED) is 0.854. The normalized spacial score (nSPS) is 14.9. The number of piperazine rings is 1. The Morgan fingerprint density at radius 1 is 1.07 bits per heavy atom. The Balaban J connectivity index is 1.65. The number of carbonyl (C=O) groups excluding carboxylic acids is 1. The number of aryl methyl sites for hydroxylation is 1. The number of hydrogen-bond donors (Lipinski definition) is 1. The Hall–Kier alpha value is -2.80. The molecule has 28 heavy (non-hydrogen) atoms. The summed E-state index contributed by atoms with van der Waals surface area (Å²) in [5.41, 5.74) is 2.38. The van der Waals surface area contributed by atoms with E-state index in [9.17, 15) is 14.7 Å². The van der Waals surface area contributed by atoms with Crippen LogP contribution in [0, 0.1) is 6.92 Å². The number of hydrogen-bond acceptors (Lipinski definition) is 5. The first kappa shape index (κ1) is 19.9. The van der Waals surface area contributed by atoms with Crippen molar-refractivity contribution in [2.75, 3.05) is 32.8 Å². The molecule has 1 N–H and O–H groups in total. The number of amides is 1. The third-order valence-electron chi connectivity index (χ3n) is 5.12. The van der Waals surface area contributed by atoms with Crippen molar-refractivity contribution in [2.24, 2.45) is 0 Å². The van der Waals surface area contributed by atoms with Gasteiger partial charge in [0.25, 0.3) is 5.56 Å². The molecule has 3 rings (SSSR count). The summed E-state index contributed by atoms with van der Waals surface area (Å²) in [5.74, 6) is -0.205. The lowest BCUT2D eigenvalue weighted by molar-refractivity contribution is 0.0776. The van der Waals surface area contributed by atoms with Crippen molar-refractivity contribution in [2.45, 2.75) is 26.9 Å². The number of nitrogens with zero attached hydrogens (tertiary/aromatic N) is 3. The maximum atomic E-state index is 12.6. The molecule has 150 valence electrons. The van der Waals surface area contributed by atoms with Crippen molar-refractivity contribution >= 4 is 6.09 Å². The molecule has 1 aliphatic rings. The minimum absolute atomic E-state index is 0.205. The number of aromatic hydroxyl groups is 1. The van der Waals surface area contributed by atoms with Crippen LogP contribution in [0.5, 0.6) is 5.75 Å². The lowest BCUT2D eigenvalue weighted by atomic mass is 10.1. The fourth-order valence-corrected chi connectivity index (χ4v) is 3.37. The summed E-state index contributed by atoms with van der Waals surface area (Å²) in [4.78, 5) is 28.2. The van der Waals surface area contributed by atoms with Crippen LogP contribution in [0.25, 0.3) is 0 Å². The molecule has 7 heteroatoms. The summed E-state index contributed by atoms with van der Waals surface area (Å²) in [7, 11) is 0. The van der Waals surface area contributed by atoms with Gasteiger partial charge in [0, 0.05) is 44.5 Å². The molecule has 0 spiro atoms. The molecule has 1 aromatic carbocycles. The van der Waals surface area contributed by atoms with Crippen LogP contribution in [0.15, 0.2) is 41.3 Å². The van der Waals surface area contributed by atoms with Crippen molar-refractivity contribution in [3.8, 4) is 5.75 Å². The molecule has 1 aliphatic heterocycles. The molecule has 1 aromatic heterocycles. The second-order valence-corrected chi connectivity index (χ2v) is 7.01. The summed E-state index contributed by atoms with van der Waals surface area (Å²) >= 11 is 0. The summed E-state index contributed by atoms with van der Waals surface area (Å²) in [5, 5.41) is 10.4. The van der Waals surface area contributed by atoms with Gasteiger partial charge in [-0.05, 0) is 31.0 Å². The molecule has 2 heterocycles. The van der Waals surface area contributed by atoms with E-state index in [1.807, 2.05) is 31.2 Å². The van der Waals surface area contributed by atoms with Crippen molar-refractivity contribution in [3.63, 3.8) is 0 Å². The van der Waals surface area contributed by atoms with E-state index < -0.39 is 0 Å². The van der Waals surface area contributed by atoms with Gasteiger partial charge < -0.3 is 19.3 Å². The highest BCUT2D eigenvalue weighted by Gasteiger charge is 2.23. The smallest absolute Gasteiger partial charge is 0.409 e. The van der Waals surface area contributed by atoms with Crippen molar-refractivity contribution in [3.05, 3.63) is 63.6 Å². The second-order valence-electron chi connectivity index (χ2n) is 7.01. The van der Waals surface area contributed by atoms with Crippen LogP contribution in [-0.4, -0.2) is 58.4 Å². The highest BCUT2D eigenvalue weighted by molar-refractivity contribution is 5.67. The first-order chi connectivity index (χ1) is 13.5. The molecule has 0 bridgehead atoms. The van der Waals surface area contributed by atoms with Crippen LogP contribution in [0.4, 0.5) is 4.79 Å². The predicted molar refractivity (Wildman–Crippen MR) is 107 cm³/mol. The van der Waals surface area contributed by atoms with Gasteiger partial charge in [0.15, 0.2) is 5.75 Å². The van der Waals surface area contributed by atoms with E-state index in [-0.39, 0.29) is 17.4 Å². The minimum atomic E-state index is -0.383. The Kier molecular flexibility index (Phi) is 6.36. The minimum Gasteiger partial charge on any atom is -0.503 e. The average Bonchev–Trinajstić information content (AvgIpc) is 2.70. The van der Waals surface area contributed by atoms with Crippen molar-refractivity contribution in [1.29, 1.82) is 0 Å². The SMILES string of the molecule is CCOC(=O)N1CCN(Cc2ccn(Cc3ccccc3C)c(=O)c2O)CC1. The van der Waals surface area contributed by atoms with Crippen LogP contribution in [-0.2, 0) is 17.8 Å². The van der Waals surface area contributed by atoms with Gasteiger partial charge >= 0.3 is 6.09 Å². The number of aromatic nitrogens is 1. The first-order valence-corrected chi connectivity index (χ1v) is 9.59. The van der Waals surface area contributed by atoms with Crippen molar-refractivity contribution < 1.29 is 14.6 Å². The van der Waals surface area contributed by atoms with E-state index in [1.54, 1.807) is 24.1 Å².